The molecule has 2 aromatic rings. The van der Waals surface area contributed by atoms with Crippen LogP contribution in [0.1, 0.15) is 15.9 Å². The van der Waals surface area contributed by atoms with Crippen molar-refractivity contribution in [2.75, 3.05) is 0 Å². The highest BCUT2D eigenvalue weighted by atomic mass is 127. The van der Waals surface area contributed by atoms with Crippen molar-refractivity contribution in [2.45, 2.75) is 0 Å². The minimum absolute atomic E-state index is 0.0463. The smallest absolute Gasteiger partial charge is 0.267 e. The first kappa shape index (κ1) is 16.4. The number of benzene rings is 2. The van der Waals surface area contributed by atoms with E-state index in [4.69, 9.17) is 11.6 Å². The molecule has 0 aromatic heterocycles. The van der Waals surface area contributed by atoms with Crippen molar-refractivity contribution < 1.29 is 9.72 Å². The van der Waals surface area contributed by atoms with Crippen LogP contribution < -0.4 is 5.43 Å². The van der Waals surface area contributed by atoms with Crippen molar-refractivity contribution in [3.8, 4) is 0 Å². The van der Waals surface area contributed by atoms with Crippen molar-refractivity contribution in [3.63, 3.8) is 0 Å². The molecule has 6 nitrogen and oxygen atoms in total. The predicted octanol–water partition coefficient (Wildman–Crippen LogP) is 3.62. The second kappa shape index (κ2) is 7.32. The Kier molecular flexibility index (Phi) is 5.45. The van der Waals surface area contributed by atoms with E-state index in [1.165, 1.54) is 18.3 Å². The molecule has 0 unspecified atom stereocenters. The quantitative estimate of drug-likeness (QED) is 0.349. The molecule has 0 aliphatic rings. The number of nitro benzene ring substituents is 1. The number of nitro groups is 1. The number of nitrogens with one attached hydrogen (secondary N) is 1. The molecule has 0 saturated heterocycles. The van der Waals surface area contributed by atoms with Crippen LogP contribution in [0.3, 0.4) is 0 Å². The minimum Gasteiger partial charge on any atom is -0.267 e. The van der Waals surface area contributed by atoms with Crippen LogP contribution in [0.25, 0.3) is 0 Å². The average Bonchev–Trinajstić information content (AvgIpc) is 2.48. The first-order chi connectivity index (χ1) is 10.5. The average molecular weight is 430 g/mol. The SMILES string of the molecule is O=C(N/N=C/c1ccc(Cl)c([N+](=O)[O-])c1)c1cccc(I)c1. The molecule has 8 heteroatoms. The highest BCUT2D eigenvalue weighted by Gasteiger charge is 2.11. The van der Waals surface area contributed by atoms with Crippen molar-refractivity contribution in [2.24, 2.45) is 5.10 Å². The molecule has 2 rings (SSSR count). The van der Waals surface area contributed by atoms with E-state index in [0.29, 0.717) is 11.1 Å². The van der Waals surface area contributed by atoms with Crippen molar-refractivity contribution in [1.82, 2.24) is 5.43 Å². The molecule has 0 radical (unpaired) electrons. The second-order valence-corrected chi connectivity index (χ2v) is 5.83. The van der Waals surface area contributed by atoms with E-state index in [2.05, 4.69) is 33.1 Å². The molecule has 0 heterocycles. The maximum absolute atomic E-state index is 11.9. The number of hydrogen-bond acceptors (Lipinski definition) is 4. The summed E-state index contributed by atoms with van der Waals surface area (Å²) in [7, 11) is 0. The summed E-state index contributed by atoms with van der Waals surface area (Å²) >= 11 is 7.82. The highest BCUT2D eigenvalue weighted by Crippen LogP contribution is 2.24. The van der Waals surface area contributed by atoms with E-state index < -0.39 is 4.92 Å². The molecule has 22 heavy (non-hydrogen) atoms. The molecule has 1 amide bonds. The van der Waals surface area contributed by atoms with Crippen molar-refractivity contribution in [3.05, 3.63) is 72.3 Å². The molecular formula is C14H9ClIN3O3. The van der Waals surface area contributed by atoms with Gasteiger partial charge in [-0.2, -0.15) is 5.10 Å². The molecule has 0 aliphatic carbocycles. The van der Waals surface area contributed by atoms with Crippen LogP contribution in [0.15, 0.2) is 47.6 Å². The molecule has 0 spiro atoms. The van der Waals surface area contributed by atoms with Crippen LogP contribution in [0.5, 0.6) is 0 Å². The summed E-state index contributed by atoms with van der Waals surface area (Å²) in [6.45, 7) is 0. The van der Waals surface area contributed by atoms with Crippen LogP contribution in [-0.2, 0) is 0 Å². The van der Waals surface area contributed by atoms with Crippen molar-refractivity contribution >= 4 is 52.0 Å². The number of halogens is 2. The molecule has 0 saturated carbocycles. The van der Waals surface area contributed by atoms with Gasteiger partial charge in [-0.25, -0.2) is 5.43 Å². The minimum atomic E-state index is -0.579. The Balaban J connectivity index is 2.08. The maximum atomic E-state index is 11.9. The summed E-state index contributed by atoms with van der Waals surface area (Å²) < 4.78 is 0.933. The van der Waals surface area contributed by atoms with Crippen LogP contribution in [0, 0.1) is 13.7 Å². The van der Waals surface area contributed by atoms with Gasteiger partial charge < -0.3 is 0 Å². The Hall–Kier alpha value is -2.00. The normalized spacial score (nSPS) is 10.6. The van der Waals surface area contributed by atoms with Gasteiger partial charge in [0.2, 0.25) is 0 Å². The van der Waals surface area contributed by atoms with E-state index in [9.17, 15) is 14.9 Å². The third-order valence-corrected chi connectivity index (χ3v) is 3.62. The van der Waals surface area contributed by atoms with Gasteiger partial charge in [0.1, 0.15) is 5.02 Å². The number of amides is 1. The van der Waals surface area contributed by atoms with Crippen LogP contribution in [-0.4, -0.2) is 17.0 Å². The summed E-state index contributed by atoms with van der Waals surface area (Å²) in [5.74, 6) is -0.363. The Morgan fingerprint density at radius 2 is 2.09 bits per heavy atom. The predicted molar refractivity (Wildman–Crippen MR) is 92.3 cm³/mol. The van der Waals surface area contributed by atoms with Crippen LogP contribution in [0.4, 0.5) is 5.69 Å². The van der Waals surface area contributed by atoms with E-state index >= 15 is 0 Å². The number of carbonyl (C=O) groups excluding carboxylic acids is 1. The fourth-order valence-electron chi connectivity index (χ4n) is 1.61. The Bertz CT molecular complexity index is 765. The number of nitrogens with zero attached hydrogens (tertiary/aromatic N) is 2. The summed E-state index contributed by atoms with van der Waals surface area (Å²) in [5, 5.41) is 14.6. The summed E-state index contributed by atoms with van der Waals surface area (Å²) in [6, 6.07) is 11.3. The lowest BCUT2D eigenvalue weighted by Gasteiger charge is -2.00. The molecular weight excluding hydrogens is 421 g/mol. The number of carbonyl (C=O) groups is 1. The fraction of sp³-hybridized carbons (Fsp3) is 0. The maximum Gasteiger partial charge on any atom is 0.288 e. The molecule has 2 aromatic carbocycles. The van der Waals surface area contributed by atoms with Crippen LogP contribution in [0.2, 0.25) is 5.02 Å². The zero-order valence-corrected chi connectivity index (χ0v) is 13.9. The Labute approximate surface area is 144 Å². The zero-order valence-electron chi connectivity index (χ0n) is 11.0. The lowest BCUT2D eigenvalue weighted by molar-refractivity contribution is -0.384. The largest absolute Gasteiger partial charge is 0.288 e. The molecule has 0 atom stereocenters. The van der Waals surface area contributed by atoms with E-state index in [-0.39, 0.29) is 16.6 Å². The van der Waals surface area contributed by atoms with Gasteiger partial charge in [0.25, 0.3) is 11.6 Å². The number of rotatable bonds is 4. The standard InChI is InChI=1S/C14H9ClIN3O3/c15-12-5-4-9(6-13(12)19(21)22)8-17-18-14(20)10-2-1-3-11(16)7-10/h1-8H,(H,18,20)/b17-8+. The van der Waals surface area contributed by atoms with Gasteiger partial charge >= 0.3 is 0 Å². The van der Waals surface area contributed by atoms with Gasteiger partial charge in [-0.05, 0) is 46.9 Å². The first-order valence-corrected chi connectivity index (χ1v) is 7.46. The number of hydrogen-bond donors (Lipinski definition) is 1. The van der Waals surface area contributed by atoms with Gasteiger partial charge in [0, 0.05) is 20.8 Å². The van der Waals surface area contributed by atoms with Crippen LogP contribution >= 0.6 is 34.2 Å². The topological polar surface area (TPSA) is 84.6 Å². The van der Waals surface area contributed by atoms with Gasteiger partial charge in [-0.3, -0.25) is 14.9 Å². The van der Waals surface area contributed by atoms with Gasteiger partial charge in [0.05, 0.1) is 11.1 Å². The van der Waals surface area contributed by atoms with Gasteiger partial charge in [0.15, 0.2) is 0 Å². The zero-order chi connectivity index (χ0) is 16.1. The van der Waals surface area contributed by atoms with Gasteiger partial charge in [-0.1, -0.05) is 23.7 Å². The third-order valence-electron chi connectivity index (χ3n) is 2.63. The summed E-state index contributed by atoms with van der Waals surface area (Å²) in [4.78, 5) is 22.1. The first-order valence-electron chi connectivity index (χ1n) is 6.00. The lowest BCUT2D eigenvalue weighted by Crippen LogP contribution is -2.17. The third kappa shape index (κ3) is 4.25. The Morgan fingerprint density at radius 1 is 1.32 bits per heavy atom. The molecule has 112 valence electrons. The second-order valence-electron chi connectivity index (χ2n) is 4.18. The lowest BCUT2D eigenvalue weighted by atomic mass is 10.2. The molecule has 0 aliphatic heterocycles. The molecule has 0 bridgehead atoms. The fourth-order valence-corrected chi connectivity index (χ4v) is 2.34. The summed E-state index contributed by atoms with van der Waals surface area (Å²) in [6.07, 6.45) is 1.31. The number of hydrazone groups is 1. The van der Waals surface area contributed by atoms with Gasteiger partial charge in [-0.15, -0.1) is 0 Å². The van der Waals surface area contributed by atoms with E-state index in [0.717, 1.165) is 3.57 Å². The van der Waals surface area contributed by atoms with E-state index in [1.54, 1.807) is 24.3 Å². The van der Waals surface area contributed by atoms with E-state index in [1.807, 2.05) is 6.07 Å². The monoisotopic (exact) mass is 429 g/mol. The molecule has 1 N–H and O–H groups in total. The van der Waals surface area contributed by atoms with Crippen molar-refractivity contribution in [1.29, 1.82) is 0 Å². The Morgan fingerprint density at radius 3 is 2.77 bits per heavy atom. The molecule has 0 fully saturated rings. The highest BCUT2D eigenvalue weighted by molar-refractivity contribution is 14.1. The summed E-state index contributed by atoms with van der Waals surface area (Å²) in [5.41, 5.74) is 3.08.